The van der Waals surface area contributed by atoms with Crippen LogP contribution in [0.5, 0.6) is 0 Å². The smallest absolute Gasteiger partial charge is 0.223 e. The molecule has 3 nitrogen and oxygen atoms in total. The normalized spacial score (nSPS) is 32.6. The number of nitrogens with two attached hydrogens (primary N) is 1. The highest BCUT2D eigenvalue weighted by Gasteiger charge is 2.33. The highest BCUT2D eigenvalue weighted by Crippen LogP contribution is 2.31. The van der Waals surface area contributed by atoms with E-state index < -0.39 is 0 Å². The minimum atomic E-state index is 0.209. The number of rotatable bonds is 3. The van der Waals surface area contributed by atoms with Crippen molar-refractivity contribution in [3.63, 3.8) is 0 Å². The summed E-state index contributed by atoms with van der Waals surface area (Å²) in [5.41, 5.74) is 5.66. The predicted octanol–water partition coefficient (Wildman–Crippen LogP) is 1.03. The van der Waals surface area contributed by atoms with Gasteiger partial charge in [0.15, 0.2) is 0 Å². The molecule has 0 unspecified atom stereocenters. The summed E-state index contributed by atoms with van der Waals surface area (Å²) in [6.45, 7) is 0.669. The molecule has 0 aromatic heterocycles. The number of carbonyl (C=O) groups excluding carboxylic acids is 1. The van der Waals surface area contributed by atoms with Gasteiger partial charge in [0.1, 0.15) is 0 Å². The molecule has 2 aliphatic carbocycles. The van der Waals surface area contributed by atoms with Crippen molar-refractivity contribution < 1.29 is 4.79 Å². The number of carbonyl (C=O) groups is 1. The predicted molar refractivity (Wildman–Crippen MR) is 55.7 cm³/mol. The second kappa shape index (κ2) is 4.30. The Hall–Kier alpha value is -0.570. The SMILES string of the molecule is NC[C@@H]1CCC[C@@H]1C(=O)NC1CCC1. The van der Waals surface area contributed by atoms with Crippen LogP contribution in [0, 0.1) is 11.8 Å². The largest absolute Gasteiger partial charge is 0.353 e. The first kappa shape index (κ1) is 9.97. The summed E-state index contributed by atoms with van der Waals surface area (Å²) < 4.78 is 0. The molecular formula is C11H20N2O. The van der Waals surface area contributed by atoms with Crippen LogP contribution in [0.15, 0.2) is 0 Å². The Balaban J connectivity index is 1.83. The Bertz CT molecular complexity index is 213. The van der Waals surface area contributed by atoms with Crippen molar-refractivity contribution in [1.29, 1.82) is 0 Å². The van der Waals surface area contributed by atoms with Crippen LogP contribution in [0.25, 0.3) is 0 Å². The van der Waals surface area contributed by atoms with Gasteiger partial charge in [-0.15, -0.1) is 0 Å². The minimum absolute atomic E-state index is 0.209. The maximum absolute atomic E-state index is 11.9. The van der Waals surface area contributed by atoms with Gasteiger partial charge in [-0.2, -0.15) is 0 Å². The first-order valence-electron chi connectivity index (χ1n) is 5.81. The fourth-order valence-corrected chi connectivity index (χ4v) is 2.52. The quantitative estimate of drug-likeness (QED) is 0.708. The lowest BCUT2D eigenvalue weighted by molar-refractivity contribution is -0.127. The van der Waals surface area contributed by atoms with E-state index >= 15 is 0 Å². The molecule has 2 fully saturated rings. The molecule has 3 N–H and O–H groups in total. The highest BCUT2D eigenvalue weighted by molar-refractivity contribution is 5.79. The molecule has 80 valence electrons. The van der Waals surface area contributed by atoms with Crippen LogP contribution in [-0.2, 0) is 4.79 Å². The van der Waals surface area contributed by atoms with Gasteiger partial charge < -0.3 is 11.1 Å². The standard InChI is InChI=1S/C11H20N2O/c12-7-8-3-1-6-10(8)11(14)13-9-4-2-5-9/h8-10H,1-7,12H2,(H,13,14)/t8-,10-/m0/s1. The van der Waals surface area contributed by atoms with Crippen molar-refractivity contribution in [3.05, 3.63) is 0 Å². The molecular weight excluding hydrogens is 176 g/mol. The maximum Gasteiger partial charge on any atom is 0.223 e. The Morgan fingerprint density at radius 3 is 2.50 bits per heavy atom. The maximum atomic E-state index is 11.9. The zero-order valence-corrected chi connectivity index (χ0v) is 8.67. The fraction of sp³-hybridized carbons (Fsp3) is 0.909. The molecule has 2 aliphatic rings. The van der Waals surface area contributed by atoms with Gasteiger partial charge in [-0.05, 0) is 44.6 Å². The summed E-state index contributed by atoms with van der Waals surface area (Å²) in [7, 11) is 0. The summed E-state index contributed by atoms with van der Waals surface area (Å²) >= 11 is 0. The van der Waals surface area contributed by atoms with E-state index in [2.05, 4.69) is 5.32 Å². The van der Waals surface area contributed by atoms with Gasteiger partial charge in [-0.25, -0.2) is 0 Å². The number of hydrogen-bond acceptors (Lipinski definition) is 2. The van der Waals surface area contributed by atoms with Crippen molar-refractivity contribution in [1.82, 2.24) is 5.32 Å². The molecule has 2 saturated carbocycles. The molecule has 0 spiro atoms. The van der Waals surface area contributed by atoms with E-state index in [1.54, 1.807) is 0 Å². The van der Waals surface area contributed by atoms with E-state index in [9.17, 15) is 4.79 Å². The molecule has 0 saturated heterocycles. The Morgan fingerprint density at radius 1 is 1.21 bits per heavy atom. The van der Waals surface area contributed by atoms with E-state index in [4.69, 9.17) is 5.73 Å². The molecule has 1 amide bonds. The molecule has 0 heterocycles. The average Bonchev–Trinajstić information content (AvgIpc) is 2.58. The van der Waals surface area contributed by atoms with Crippen LogP contribution >= 0.6 is 0 Å². The summed E-state index contributed by atoms with van der Waals surface area (Å²) in [6, 6.07) is 0.474. The van der Waals surface area contributed by atoms with Gasteiger partial charge in [0.2, 0.25) is 5.91 Å². The van der Waals surface area contributed by atoms with Crippen molar-refractivity contribution in [3.8, 4) is 0 Å². The van der Waals surface area contributed by atoms with Crippen molar-refractivity contribution >= 4 is 5.91 Å². The van der Waals surface area contributed by atoms with Crippen molar-refractivity contribution in [2.75, 3.05) is 6.54 Å². The van der Waals surface area contributed by atoms with Gasteiger partial charge in [0.25, 0.3) is 0 Å². The van der Waals surface area contributed by atoms with Crippen LogP contribution in [-0.4, -0.2) is 18.5 Å². The summed E-state index contributed by atoms with van der Waals surface area (Å²) in [6.07, 6.45) is 6.97. The van der Waals surface area contributed by atoms with E-state index in [1.807, 2.05) is 0 Å². The number of nitrogens with one attached hydrogen (secondary N) is 1. The topological polar surface area (TPSA) is 55.1 Å². The Kier molecular flexibility index (Phi) is 3.06. The zero-order valence-electron chi connectivity index (χ0n) is 8.67. The van der Waals surface area contributed by atoms with Crippen molar-refractivity contribution in [2.45, 2.75) is 44.6 Å². The second-order valence-corrected chi connectivity index (χ2v) is 4.67. The second-order valence-electron chi connectivity index (χ2n) is 4.67. The average molecular weight is 196 g/mol. The summed E-state index contributed by atoms with van der Waals surface area (Å²) in [5, 5.41) is 3.13. The number of hydrogen-bond donors (Lipinski definition) is 2. The Labute approximate surface area is 85.4 Å². The third-order valence-corrected chi connectivity index (χ3v) is 3.75. The van der Waals surface area contributed by atoms with E-state index in [-0.39, 0.29) is 11.8 Å². The van der Waals surface area contributed by atoms with E-state index in [1.165, 1.54) is 25.7 Å². The third kappa shape index (κ3) is 1.92. The van der Waals surface area contributed by atoms with Crippen LogP contribution < -0.4 is 11.1 Å². The molecule has 3 heteroatoms. The molecule has 0 aromatic carbocycles. The lowest BCUT2D eigenvalue weighted by atomic mass is 9.90. The lowest BCUT2D eigenvalue weighted by Gasteiger charge is -2.29. The first-order valence-corrected chi connectivity index (χ1v) is 5.81. The highest BCUT2D eigenvalue weighted by atomic mass is 16.2. The van der Waals surface area contributed by atoms with Gasteiger partial charge in [-0.1, -0.05) is 6.42 Å². The van der Waals surface area contributed by atoms with E-state index in [0.29, 0.717) is 18.5 Å². The lowest BCUT2D eigenvalue weighted by Crippen LogP contribution is -2.44. The molecule has 2 atom stereocenters. The minimum Gasteiger partial charge on any atom is -0.353 e. The molecule has 0 radical (unpaired) electrons. The van der Waals surface area contributed by atoms with Gasteiger partial charge >= 0.3 is 0 Å². The van der Waals surface area contributed by atoms with Gasteiger partial charge in [0.05, 0.1) is 0 Å². The molecule has 2 rings (SSSR count). The fourth-order valence-electron chi connectivity index (χ4n) is 2.52. The third-order valence-electron chi connectivity index (χ3n) is 3.75. The monoisotopic (exact) mass is 196 g/mol. The van der Waals surface area contributed by atoms with E-state index in [0.717, 1.165) is 12.8 Å². The Morgan fingerprint density at radius 2 is 1.93 bits per heavy atom. The zero-order chi connectivity index (χ0) is 9.97. The van der Waals surface area contributed by atoms with Crippen LogP contribution in [0.1, 0.15) is 38.5 Å². The van der Waals surface area contributed by atoms with Gasteiger partial charge in [-0.3, -0.25) is 4.79 Å². The van der Waals surface area contributed by atoms with Crippen molar-refractivity contribution in [2.24, 2.45) is 17.6 Å². The van der Waals surface area contributed by atoms with Gasteiger partial charge in [0, 0.05) is 12.0 Å². The van der Waals surface area contributed by atoms with Crippen LogP contribution in [0.2, 0.25) is 0 Å². The summed E-state index contributed by atoms with van der Waals surface area (Å²) in [4.78, 5) is 11.9. The molecule has 0 aromatic rings. The molecule has 0 bridgehead atoms. The van der Waals surface area contributed by atoms with Crippen LogP contribution in [0.4, 0.5) is 0 Å². The van der Waals surface area contributed by atoms with Crippen LogP contribution in [0.3, 0.4) is 0 Å². The number of amides is 1. The first-order chi connectivity index (χ1) is 6.81. The molecule has 0 aliphatic heterocycles. The summed E-state index contributed by atoms with van der Waals surface area (Å²) in [5.74, 6) is 0.915. The molecule has 14 heavy (non-hydrogen) atoms.